The summed E-state index contributed by atoms with van der Waals surface area (Å²) in [6.07, 6.45) is 2.46. The zero-order chi connectivity index (χ0) is 39.3. The van der Waals surface area contributed by atoms with E-state index in [4.69, 9.17) is 9.47 Å². The molecule has 1 aliphatic heterocycles. The van der Waals surface area contributed by atoms with Crippen LogP contribution in [0.1, 0.15) is 57.6 Å². The molecule has 3 aromatic carbocycles. The number of aromatic nitrogens is 2. The van der Waals surface area contributed by atoms with Crippen molar-refractivity contribution in [3.63, 3.8) is 0 Å². The molecule has 2 heterocycles. The Morgan fingerprint density at radius 2 is 1.62 bits per heavy atom. The van der Waals surface area contributed by atoms with Gasteiger partial charge in [0.05, 0.1) is 29.1 Å². The molecule has 15 heteroatoms. The Kier molecular flexibility index (Phi) is 12.1. The smallest absolute Gasteiger partial charge is 0.407 e. The van der Waals surface area contributed by atoms with E-state index in [0.717, 1.165) is 35.1 Å². The summed E-state index contributed by atoms with van der Waals surface area (Å²) in [5.41, 5.74) is 3.95. The van der Waals surface area contributed by atoms with E-state index < -0.39 is 33.7 Å². The fraction of sp³-hybridized carbons (Fsp3) is 0.450. The van der Waals surface area contributed by atoms with Gasteiger partial charge in [-0.15, -0.1) is 0 Å². The molecular formula is C40H50N6O8S. The van der Waals surface area contributed by atoms with Crippen LogP contribution < -0.4 is 21.6 Å². The Morgan fingerprint density at radius 3 is 2.31 bits per heavy atom. The first kappa shape index (κ1) is 39.7. The van der Waals surface area contributed by atoms with Crippen LogP contribution in [0.5, 0.6) is 0 Å². The first-order chi connectivity index (χ1) is 26.1. The number of carbonyl (C=O) groups excluding carboxylic acids is 3. The summed E-state index contributed by atoms with van der Waals surface area (Å²) < 4.78 is 38.9. The van der Waals surface area contributed by atoms with Gasteiger partial charge < -0.3 is 35.4 Å². The number of benzene rings is 3. The van der Waals surface area contributed by atoms with Gasteiger partial charge in [-0.05, 0) is 112 Å². The number of alkyl carbamates (subject to hydrolysis) is 1. The lowest BCUT2D eigenvalue weighted by molar-refractivity contribution is -0.130. The predicted molar refractivity (Wildman–Crippen MR) is 209 cm³/mol. The second kappa shape index (κ2) is 16.8. The average molecular weight is 775 g/mol. The van der Waals surface area contributed by atoms with Crippen LogP contribution in [-0.2, 0) is 35.5 Å². The van der Waals surface area contributed by atoms with Gasteiger partial charge in [-0.1, -0.05) is 30.3 Å². The topological polar surface area (TPSA) is 192 Å². The number of imidazole rings is 1. The molecular weight excluding hydrogens is 725 g/mol. The molecule has 0 bridgehead atoms. The molecule has 1 unspecified atom stereocenters. The van der Waals surface area contributed by atoms with Gasteiger partial charge in [0.2, 0.25) is 21.8 Å². The molecule has 1 aliphatic carbocycles. The number of hydrogen-bond acceptors (Lipinski definition) is 8. The number of anilines is 1. The van der Waals surface area contributed by atoms with Crippen LogP contribution in [0.4, 0.5) is 10.5 Å². The summed E-state index contributed by atoms with van der Waals surface area (Å²) in [5, 5.41) is 8.75. The van der Waals surface area contributed by atoms with Crippen molar-refractivity contribution in [1.82, 2.24) is 24.9 Å². The zero-order valence-electron chi connectivity index (χ0n) is 31.7. The number of sulfonamides is 1. The number of ether oxygens (including phenoxy) is 2. The average Bonchev–Trinajstić information content (AvgIpc) is 3.53. The number of nitrogens with one attached hydrogen (secondary N) is 5. The molecule has 55 heavy (non-hydrogen) atoms. The summed E-state index contributed by atoms with van der Waals surface area (Å²) in [5.74, 6) is -0.704. The number of aryl methyl sites for hydroxylation is 1. The highest BCUT2D eigenvalue weighted by Crippen LogP contribution is 2.30. The predicted octanol–water partition coefficient (Wildman–Crippen LogP) is 4.85. The molecule has 6 rings (SSSR count). The summed E-state index contributed by atoms with van der Waals surface area (Å²) >= 11 is 0. The molecule has 2 aliphatic rings. The monoisotopic (exact) mass is 774 g/mol. The molecule has 1 saturated heterocycles. The second-order valence-electron chi connectivity index (χ2n) is 15.4. The number of nitrogens with zero attached hydrogens (tertiary/aromatic N) is 1. The normalized spacial score (nSPS) is 18.7. The second-order valence-corrected chi connectivity index (χ2v) is 17.3. The van der Waals surface area contributed by atoms with E-state index in [1.54, 1.807) is 36.4 Å². The van der Waals surface area contributed by atoms with Gasteiger partial charge in [0.1, 0.15) is 11.6 Å². The molecule has 1 atom stereocenters. The number of aromatic amines is 2. The molecule has 4 aromatic rings. The van der Waals surface area contributed by atoms with Crippen molar-refractivity contribution in [2.24, 2.45) is 11.8 Å². The number of morpholine rings is 1. The Bertz CT molecular complexity index is 2180. The quantitative estimate of drug-likeness (QED) is 0.143. The van der Waals surface area contributed by atoms with Crippen LogP contribution in [-0.4, -0.2) is 85.1 Å². The van der Waals surface area contributed by atoms with Crippen molar-refractivity contribution in [1.29, 1.82) is 0 Å². The van der Waals surface area contributed by atoms with Gasteiger partial charge in [-0.3, -0.25) is 9.59 Å². The third kappa shape index (κ3) is 10.2. The summed E-state index contributed by atoms with van der Waals surface area (Å²) in [4.78, 5) is 57.1. The minimum absolute atomic E-state index is 0.195. The van der Waals surface area contributed by atoms with Crippen LogP contribution in [0.25, 0.3) is 22.2 Å². The number of hydrogen-bond donors (Lipinski definition) is 5. The van der Waals surface area contributed by atoms with Crippen molar-refractivity contribution in [3.8, 4) is 11.1 Å². The number of carbonyl (C=O) groups is 3. The molecule has 294 valence electrons. The maximum absolute atomic E-state index is 13.8. The van der Waals surface area contributed by atoms with Crippen LogP contribution in [0, 0.1) is 18.8 Å². The highest BCUT2D eigenvalue weighted by atomic mass is 32.2. The zero-order valence-corrected chi connectivity index (χ0v) is 32.5. The first-order valence-electron chi connectivity index (χ1n) is 18.7. The van der Waals surface area contributed by atoms with Gasteiger partial charge in [-0.25, -0.2) is 18.0 Å². The summed E-state index contributed by atoms with van der Waals surface area (Å²) in [7, 11) is -3.69. The highest BCUT2D eigenvalue weighted by molar-refractivity contribution is 7.89. The number of fused-ring (bicyclic) bond motifs is 1. The molecule has 1 saturated carbocycles. The Balaban J connectivity index is 1.15. The van der Waals surface area contributed by atoms with E-state index in [2.05, 4.69) is 25.9 Å². The fourth-order valence-corrected chi connectivity index (χ4v) is 8.51. The Hall–Kier alpha value is -4.99. The van der Waals surface area contributed by atoms with E-state index in [0.29, 0.717) is 62.4 Å². The Morgan fingerprint density at radius 1 is 0.927 bits per heavy atom. The number of H-pyrrole nitrogens is 2. The lowest BCUT2D eigenvalue weighted by Gasteiger charge is -2.29. The van der Waals surface area contributed by atoms with Gasteiger partial charge in [0.25, 0.3) is 0 Å². The Labute approximate surface area is 320 Å². The number of rotatable bonds is 11. The molecule has 0 radical (unpaired) electrons. The maximum atomic E-state index is 13.8. The van der Waals surface area contributed by atoms with Gasteiger partial charge in [0, 0.05) is 37.7 Å². The van der Waals surface area contributed by atoms with E-state index in [-0.39, 0.29) is 34.7 Å². The molecule has 1 aromatic heterocycles. The highest BCUT2D eigenvalue weighted by Gasteiger charge is 2.31. The van der Waals surface area contributed by atoms with E-state index >= 15 is 0 Å². The van der Waals surface area contributed by atoms with Crippen molar-refractivity contribution < 1.29 is 32.3 Å². The summed E-state index contributed by atoms with van der Waals surface area (Å²) in [6.45, 7) is 9.16. The van der Waals surface area contributed by atoms with Crippen LogP contribution in [0.3, 0.4) is 0 Å². The number of amides is 3. The SMILES string of the molecule is Cc1ccc(S(=O)(=O)N2CCOCC2)cc1-c1ccc(CC(NC(=O)C2CCC(CNC(=O)OC(C)(C)C)CC2)C(=O)Nc2ccc3[nH]c(=O)[nH]c3c2)cc1. The van der Waals surface area contributed by atoms with Gasteiger partial charge in [0.15, 0.2) is 0 Å². The van der Waals surface area contributed by atoms with Crippen LogP contribution >= 0.6 is 0 Å². The van der Waals surface area contributed by atoms with Gasteiger partial charge >= 0.3 is 11.8 Å². The standard InChI is InChI=1S/C40H50N6O8S/c1-25-5-15-31(55(51,52)46-17-19-53-20-18-46)23-32(25)28-10-6-26(7-11-28)21-35(37(48)42-30-14-16-33-34(22-30)45-38(49)44-33)43-36(47)29-12-8-27(9-13-29)24-41-39(50)54-40(2,3)4/h5-7,10-11,14-16,22-23,27,29,35H,8-9,12-13,17-21,24H2,1-4H3,(H,41,50)(H,42,48)(H,43,47)(H2,44,45,49). The van der Waals surface area contributed by atoms with Crippen molar-refractivity contribution in [2.45, 2.75) is 76.3 Å². The molecule has 14 nitrogen and oxygen atoms in total. The molecule has 5 N–H and O–H groups in total. The molecule has 3 amide bonds. The fourth-order valence-electron chi connectivity index (χ4n) is 7.07. The van der Waals surface area contributed by atoms with Crippen molar-refractivity contribution in [3.05, 3.63) is 82.3 Å². The van der Waals surface area contributed by atoms with Gasteiger partial charge in [-0.2, -0.15) is 4.31 Å². The van der Waals surface area contributed by atoms with Crippen molar-refractivity contribution >= 4 is 44.7 Å². The third-order valence-electron chi connectivity index (χ3n) is 10.1. The van der Waals surface area contributed by atoms with E-state index in [1.165, 1.54) is 4.31 Å². The minimum atomic E-state index is -3.69. The van der Waals surface area contributed by atoms with Crippen molar-refractivity contribution in [2.75, 3.05) is 38.2 Å². The molecule has 0 spiro atoms. The minimum Gasteiger partial charge on any atom is -0.444 e. The van der Waals surface area contributed by atoms with E-state index in [1.807, 2.05) is 52.0 Å². The van der Waals surface area contributed by atoms with Crippen LogP contribution in [0.2, 0.25) is 0 Å². The lowest BCUT2D eigenvalue weighted by Crippen LogP contribution is -2.48. The first-order valence-corrected chi connectivity index (χ1v) is 20.2. The largest absolute Gasteiger partial charge is 0.444 e. The maximum Gasteiger partial charge on any atom is 0.407 e. The lowest BCUT2D eigenvalue weighted by atomic mass is 9.81. The third-order valence-corrected chi connectivity index (χ3v) is 12.0. The molecule has 2 fully saturated rings. The van der Waals surface area contributed by atoms with Crippen LogP contribution in [0.15, 0.2) is 70.4 Å². The van der Waals surface area contributed by atoms with E-state index in [9.17, 15) is 27.6 Å². The summed E-state index contributed by atoms with van der Waals surface area (Å²) in [6, 6.07) is 16.8.